The molecule has 0 aromatic heterocycles. The molecule has 106 valence electrons. The van der Waals surface area contributed by atoms with Crippen LogP contribution < -0.4 is 0 Å². The molecular weight excluding hydrogens is 252 g/mol. The predicted octanol–water partition coefficient (Wildman–Crippen LogP) is 2.00. The second kappa shape index (κ2) is 6.53. The van der Waals surface area contributed by atoms with Gasteiger partial charge in [0.15, 0.2) is 0 Å². The van der Waals surface area contributed by atoms with Crippen LogP contribution in [-0.2, 0) is 16.0 Å². The van der Waals surface area contributed by atoms with Crippen molar-refractivity contribution in [1.29, 1.82) is 5.26 Å². The molecule has 0 spiro atoms. The first-order valence-corrected chi connectivity index (χ1v) is 6.98. The van der Waals surface area contributed by atoms with Gasteiger partial charge in [-0.05, 0) is 25.8 Å². The van der Waals surface area contributed by atoms with Gasteiger partial charge in [0.05, 0.1) is 18.3 Å². The van der Waals surface area contributed by atoms with Crippen molar-refractivity contribution in [2.45, 2.75) is 32.5 Å². The molecule has 0 saturated carbocycles. The van der Waals surface area contributed by atoms with E-state index in [0.717, 1.165) is 5.56 Å². The van der Waals surface area contributed by atoms with E-state index in [4.69, 9.17) is 4.74 Å². The molecule has 0 aliphatic carbocycles. The number of carbonyl (C=O) groups is 1. The van der Waals surface area contributed by atoms with Crippen LogP contribution >= 0.6 is 0 Å². The van der Waals surface area contributed by atoms with Crippen LogP contribution in [0.3, 0.4) is 0 Å². The topological polar surface area (TPSA) is 53.3 Å². The largest absolute Gasteiger partial charge is 0.372 e. The van der Waals surface area contributed by atoms with Crippen LogP contribution in [0.5, 0.6) is 0 Å². The van der Waals surface area contributed by atoms with Crippen molar-refractivity contribution in [3.05, 3.63) is 35.9 Å². The number of ether oxygens (including phenoxy) is 1. The van der Waals surface area contributed by atoms with Crippen LogP contribution in [0.15, 0.2) is 30.3 Å². The molecule has 1 aliphatic heterocycles. The molecule has 0 radical (unpaired) electrons. The Balaban J connectivity index is 2.04. The zero-order valence-electron chi connectivity index (χ0n) is 12.0. The molecule has 0 N–H and O–H groups in total. The maximum Gasteiger partial charge on any atom is 0.240 e. The molecule has 1 amide bonds. The average molecular weight is 272 g/mol. The summed E-state index contributed by atoms with van der Waals surface area (Å²) in [5.74, 6) is -0.701. The summed E-state index contributed by atoms with van der Waals surface area (Å²) in [6.07, 6.45) is 0.522. The first-order chi connectivity index (χ1) is 9.60. The average Bonchev–Trinajstić information content (AvgIpc) is 2.44. The first-order valence-electron chi connectivity index (χ1n) is 6.98. The van der Waals surface area contributed by atoms with Crippen LogP contribution in [0, 0.1) is 17.2 Å². The Morgan fingerprint density at radius 1 is 1.35 bits per heavy atom. The van der Waals surface area contributed by atoms with Crippen molar-refractivity contribution in [2.75, 3.05) is 13.1 Å². The Labute approximate surface area is 120 Å². The summed E-state index contributed by atoms with van der Waals surface area (Å²) in [5, 5.41) is 9.29. The summed E-state index contributed by atoms with van der Waals surface area (Å²) in [6.45, 7) is 5.04. The van der Waals surface area contributed by atoms with Crippen LogP contribution in [0.25, 0.3) is 0 Å². The smallest absolute Gasteiger partial charge is 0.240 e. The fourth-order valence-corrected chi connectivity index (χ4v) is 2.62. The van der Waals surface area contributed by atoms with Gasteiger partial charge in [-0.2, -0.15) is 5.26 Å². The van der Waals surface area contributed by atoms with E-state index in [1.807, 2.05) is 44.2 Å². The summed E-state index contributed by atoms with van der Waals surface area (Å²) in [5.41, 5.74) is 1.02. The number of amides is 1. The molecule has 1 aliphatic rings. The third-order valence-electron chi connectivity index (χ3n) is 3.47. The van der Waals surface area contributed by atoms with Gasteiger partial charge in [-0.15, -0.1) is 0 Å². The number of hydrogen-bond acceptors (Lipinski definition) is 3. The first kappa shape index (κ1) is 14.5. The standard InChI is InChI=1S/C16H20N2O2/c1-12-10-18(11-13(2)20-12)16(19)15(9-17)8-14-6-4-3-5-7-14/h3-7,12-13,15H,8,10-11H2,1-2H3/t12-,13+,15?. The van der Waals surface area contributed by atoms with Crippen molar-refractivity contribution < 1.29 is 9.53 Å². The summed E-state index contributed by atoms with van der Waals surface area (Å²) >= 11 is 0. The van der Waals surface area contributed by atoms with Crippen LogP contribution in [0.4, 0.5) is 0 Å². The van der Waals surface area contributed by atoms with E-state index < -0.39 is 5.92 Å². The van der Waals surface area contributed by atoms with Gasteiger partial charge in [0.2, 0.25) is 5.91 Å². The minimum Gasteiger partial charge on any atom is -0.372 e. The van der Waals surface area contributed by atoms with Crippen molar-refractivity contribution in [3.8, 4) is 6.07 Å². The highest BCUT2D eigenvalue weighted by Gasteiger charge is 2.30. The minimum atomic E-state index is -0.616. The lowest BCUT2D eigenvalue weighted by molar-refractivity contribution is -0.145. The van der Waals surface area contributed by atoms with E-state index >= 15 is 0 Å². The van der Waals surface area contributed by atoms with Gasteiger partial charge >= 0.3 is 0 Å². The Morgan fingerprint density at radius 3 is 2.50 bits per heavy atom. The van der Waals surface area contributed by atoms with Crippen molar-refractivity contribution >= 4 is 5.91 Å². The molecule has 3 atom stereocenters. The molecule has 4 heteroatoms. The van der Waals surface area contributed by atoms with Crippen LogP contribution in [0.1, 0.15) is 19.4 Å². The Morgan fingerprint density at radius 2 is 1.95 bits per heavy atom. The number of rotatable bonds is 3. The summed E-state index contributed by atoms with van der Waals surface area (Å²) in [7, 11) is 0. The van der Waals surface area contributed by atoms with E-state index in [9.17, 15) is 10.1 Å². The monoisotopic (exact) mass is 272 g/mol. The maximum atomic E-state index is 12.5. The van der Waals surface area contributed by atoms with Gasteiger partial charge < -0.3 is 9.64 Å². The van der Waals surface area contributed by atoms with Crippen LogP contribution in [-0.4, -0.2) is 36.1 Å². The molecule has 4 nitrogen and oxygen atoms in total. The molecule has 20 heavy (non-hydrogen) atoms. The third-order valence-corrected chi connectivity index (χ3v) is 3.47. The fraction of sp³-hybridized carbons (Fsp3) is 0.500. The number of nitriles is 1. The molecule has 1 unspecified atom stereocenters. The lowest BCUT2D eigenvalue weighted by Gasteiger charge is -2.36. The Hall–Kier alpha value is -1.86. The second-order valence-corrected chi connectivity index (χ2v) is 5.37. The highest BCUT2D eigenvalue weighted by atomic mass is 16.5. The molecule has 1 fully saturated rings. The molecule has 1 heterocycles. The lowest BCUT2D eigenvalue weighted by Crippen LogP contribution is -2.50. The second-order valence-electron chi connectivity index (χ2n) is 5.37. The number of morpholine rings is 1. The SMILES string of the molecule is C[C@@H]1CN(C(=O)C(C#N)Cc2ccccc2)C[C@H](C)O1. The van der Waals surface area contributed by atoms with E-state index in [2.05, 4.69) is 6.07 Å². The van der Waals surface area contributed by atoms with Gasteiger partial charge in [0.25, 0.3) is 0 Å². The van der Waals surface area contributed by atoms with Gasteiger partial charge in [-0.3, -0.25) is 4.79 Å². The Bertz CT molecular complexity index is 485. The van der Waals surface area contributed by atoms with E-state index in [0.29, 0.717) is 19.5 Å². The maximum absolute atomic E-state index is 12.5. The highest BCUT2D eigenvalue weighted by molar-refractivity contribution is 5.81. The summed E-state index contributed by atoms with van der Waals surface area (Å²) in [6, 6.07) is 11.8. The number of benzene rings is 1. The molecule has 1 saturated heterocycles. The number of nitrogens with zero attached hydrogens (tertiary/aromatic N) is 2. The molecule has 1 aromatic rings. The zero-order chi connectivity index (χ0) is 14.5. The predicted molar refractivity (Wildman–Crippen MR) is 75.8 cm³/mol. The quantitative estimate of drug-likeness (QED) is 0.845. The van der Waals surface area contributed by atoms with Crippen molar-refractivity contribution in [3.63, 3.8) is 0 Å². The fourth-order valence-electron chi connectivity index (χ4n) is 2.62. The van der Waals surface area contributed by atoms with E-state index in [1.54, 1.807) is 4.90 Å². The van der Waals surface area contributed by atoms with Gasteiger partial charge in [-0.1, -0.05) is 30.3 Å². The van der Waals surface area contributed by atoms with Gasteiger partial charge in [0, 0.05) is 13.1 Å². The highest BCUT2D eigenvalue weighted by Crippen LogP contribution is 2.16. The molecular formula is C16H20N2O2. The number of carbonyl (C=O) groups excluding carboxylic acids is 1. The zero-order valence-corrected chi connectivity index (χ0v) is 12.0. The van der Waals surface area contributed by atoms with Crippen LogP contribution in [0.2, 0.25) is 0 Å². The van der Waals surface area contributed by atoms with Gasteiger partial charge in [-0.25, -0.2) is 0 Å². The van der Waals surface area contributed by atoms with Crippen molar-refractivity contribution in [2.24, 2.45) is 5.92 Å². The molecule has 1 aromatic carbocycles. The number of hydrogen-bond donors (Lipinski definition) is 0. The summed E-state index contributed by atoms with van der Waals surface area (Å²) < 4.78 is 5.62. The Kier molecular flexibility index (Phi) is 4.75. The molecule has 2 rings (SSSR count). The third kappa shape index (κ3) is 3.58. The normalized spacial score (nSPS) is 23.9. The lowest BCUT2D eigenvalue weighted by atomic mass is 9.98. The molecule has 0 bridgehead atoms. The van der Waals surface area contributed by atoms with E-state index in [-0.39, 0.29) is 18.1 Å². The van der Waals surface area contributed by atoms with Crippen molar-refractivity contribution in [1.82, 2.24) is 4.90 Å². The minimum absolute atomic E-state index is 0.0266. The summed E-state index contributed by atoms with van der Waals surface area (Å²) in [4.78, 5) is 14.2. The van der Waals surface area contributed by atoms with Gasteiger partial charge in [0.1, 0.15) is 5.92 Å². The van der Waals surface area contributed by atoms with E-state index in [1.165, 1.54) is 0 Å².